The maximum atomic E-state index is 6.15. The van der Waals surface area contributed by atoms with E-state index in [1.165, 1.54) is 16.7 Å². The van der Waals surface area contributed by atoms with Crippen LogP contribution in [0.1, 0.15) is 49.5 Å². The number of nitrogens with zero attached hydrogens (tertiary/aromatic N) is 3. The van der Waals surface area contributed by atoms with Gasteiger partial charge in [0, 0.05) is 51.4 Å². The third-order valence-electron chi connectivity index (χ3n) is 5.87. The van der Waals surface area contributed by atoms with Crippen molar-refractivity contribution in [1.29, 1.82) is 0 Å². The van der Waals surface area contributed by atoms with Crippen LogP contribution < -0.4 is 5.73 Å². The first-order valence-corrected chi connectivity index (χ1v) is 9.28. The molecule has 2 unspecified atom stereocenters. The molecule has 0 bridgehead atoms. The molecule has 24 heavy (non-hydrogen) atoms. The Labute approximate surface area is 147 Å². The smallest absolute Gasteiger partial charge is 0.0479 e. The topological polar surface area (TPSA) is 35.7 Å². The number of hydrogen-bond donors (Lipinski definition) is 1. The Bertz CT molecular complexity index is 569. The molecule has 0 aliphatic carbocycles. The zero-order valence-electron chi connectivity index (χ0n) is 16.0. The highest BCUT2D eigenvalue weighted by Crippen LogP contribution is 2.39. The number of hydrogen-bond acceptors (Lipinski definition) is 4. The van der Waals surface area contributed by atoms with Crippen LogP contribution >= 0.6 is 0 Å². The van der Waals surface area contributed by atoms with E-state index in [0.29, 0.717) is 18.6 Å². The molecule has 134 valence electrons. The van der Waals surface area contributed by atoms with Crippen LogP contribution in [0.2, 0.25) is 0 Å². The van der Waals surface area contributed by atoms with Crippen molar-refractivity contribution in [2.45, 2.75) is 38.3 Å². The second-order valence-electron chi connectivity index (χ2n) is 8.64. The summed E-state index contributed by atoms with van der Waals surface area (Å²) in [6, 6.07) is 7.97. The van der Waals surface area contributed by atoms with Gasteiger partial charge in [0.05, 0.1) is 0 Å². The van der Waals surface area contributed by atoms with Gasteiger partial charge < -0.3 is 10.6 Å². The lowest BCUT2D eigenvalue weighted by molar-refractivity contribution is 0.0700. The zero-order valence-corrected chi connectivity index (χ0v) is 16.0. The first-order valence-electron chi connectivity index (χ1n) is 9.28. The molecule has 2 aliphatic rings. The van der Waals surface area contributed by atoms with Gasteiger partial charge in [-0.3, -0.25) is 9.80 Å². The first-order chi connectivity index (χ1) is 11.3. The van der Waals surface area contributed by atoms with Gasteiger partial charge in [-0.05, 0) is 36.2 Å². The summed E-state index contributed by atoms with van der Waals surface area (Å²) in [6.07, 6.45) is 0. The molecule has 2 heterocycles. The predicted octanol–water partition coefficient (Wildman–Crippen LogP) is 2.22. The Hall–Kier alpha value is -0.940. The summed E-state index contributed by atoms with van der Waals surface area (Å²) in [7, 11) is 4.45. The van der Waals surface area contributed by atoms with Crippen LogP contribution in [0.4, 0.5) is 0 Å². The molecule has 3 rings (SSSR count). The van der Waals surface area contributed by atoms with E-state index in [-0.39, 0.29) is 5.41 Å². The Morgan fingerprint density at radius 3 is 2.29 bits per heavy atom. The van der Waals surface area contributed by atoms with Crippen molar-refractivity contribution in [3.8, 4) is 0 Å². The SMILES string of the molecule is CN1CCN(C2CN(C)C(CN)c3cc(C(C)(C)C)ccc32)CC1. The monoisotopic (exact) mass is 330 g/mol. The lowest BCUT2D eigenvalue weighted by Gasteiger charge is -2.46. The number of likely N-dealkylation sites (N-methyl/N-ethyl adjacent to an activating group) is 2. The van der Waals surface area contributed by atoms with Gasteiger partial charge in [0.15, 0.2) is 0 Å². The van der Waals surface area contributed by atoms with Crippen molar-refractivity contribution in [1.82, 2.24) is 14.7 Å². The summed E-state index contributed by atoms with van der Waals surface area (Å²) in [5.74, 6) is 0. The average Bonchev–Trinajstić information content (AvgIpc) is 2.53. The summed E-state index contributed by atoms with van der Waals surface area (Å²) in [6.45, 7) is 13.3. The summed E-state index contributed by atoms with van der Waals surface area (Å²) in [5, 5.41) is 0. The van der Waals surface area contributed by atoms with Crippen molar-refractivity contribution in [2.24, 2.45) is 5.73 Å². The van der Waals surface area contributed by atoms with Gasteiger partial charge in [-0.15, -0.1) is 0 Å². The maximum Gasteiger partial charge on any atom is 0.0479 e. The summed E-state index contributed by atoms with van der Waals surface area (Å²) in [4.78, 5) is 7.55. The van der Waals surface area contributed by atoms with Gasteiger partial charge >= 0.3 is 0 Å². The van der Waals surface area contributed by atoms with Gasteiger partial charge in [-0.1, -0.05) is 39.0 Å². The molecule has 0 saturated carbocycles. The van der Waals surface area contributed by atoms with E-state index in [1.807, 2.05) is 0 Å². The predicted molar refractivity (Wildman–Crippen MR) is 101 cm³/mol. The number of piperazine rings is 1. The van der Waals surface area contributed by atoms with Crippen LogP contribution in [0, 0.1) is 0 Å². The summed E-state index contributed by atoms with van der Waals surface area (Å²) >= 11 is 0. The molecule has 1 aromatic carbocycles. The van der Waals surface area contributed by atoms with Gasteiger partial charge in [0.25, 0.3) is 0 Å². The largest absolute Gasteiger partial charge is 0.329 e. The number of benzene rings is 1. The second kappa shape index (κ2) is 6.75. The minimum Gasteiger partial charge on any atom is -0.329 e. The van der Waals surface area contributed by atoms with Gasteiger partial charge in [-0.2, -0.15) is 0 Å². The lowest BCUT2D eigenvalue weighted by atomic mass is 9.81. The van der Waals surface area contributed by atoms with E-state index in [1.54, 1.807) is 0 Å². The lowest BCUT2D eigenvalue weighted by Crippen LogP contribution is -2.51. The standard InChI is InChI=1S/C20H34N4/c1-20(2,3)15-6-7-16-17(12-15)18(13-21)23(5)14-19(16)24-10-8-22(4)9-11-24/h6-7,12,18-19H,8-11,13-14,21H2,1-5H3. The third-order valence-corrected chi connectivity index (χ3v) is 5.87. The van der Waals surface area contributed by atoms with Crippen LogP contribution in [0.5, 0.6) is 0 Å². The fourth-order valence-corrected chi connectivity index (χ4v) is 4.12. The normalized spacial score (nSPS) is 27.2. The van der Waals surface area contributed by atoms with Gasteiger partial charge in [0.1, 0.15) is 0 Å². The molecule has 4 heteroatoms. The molecule has 2 aliphatic heterocycles. The second-order valence-corrected chi connectivity index (χ2v) is 8.64. The quantitative estimate of drug-likeness (QED) is 0.902. The minimum atomic E-state index is 0.174. The summed E-state index contributed by atoms with van der Waals surface area (Å²) < 4.78 is 0. The van der Waals surface area contributed by atoms with Crippen LogP contribution in [0.15, 0.2) is 18.2 Å². The summed E-state index contributed by atoms with van der Waals surface area (Å²) in [5.41, 5.74) is 10.7. The molecule has 1 fully saturated rings. The first kappa shape index (κ1) is 17.9. The van der Waals surface area contributed by atoms with Crippen molar-refractivity contribution >= 4 is 0 Å². The van der Waals surface area contributed by atoms with E-state index >= 15 is 0 Å². The van der Waals surface area contributed by atoms with Crippen LogP contribution in [0.25, 0.3) is 0 Å². The Morgan fingerprint density at radius 1 is 1.04 bits per heavy atom. The van der Waals surface area contributed by atoms with Crippen molar-refractivity contribution < 1.29 is 0 Å². The van der Waals surface area contributed by atoms with Gasteiger partial charge in [-0.25, -0.2) is 0 Å². The molecular weight excluding hydrogens is 296 g/mol. The fourth-order valence-electron chi connectivity index (χ4n) is 4.12. The molecule has 0 amide bonds. The molecule has 1 saturated heterocycles. The number of rotatable bonds is 2. The number of nitrogens with two attached hydrogens (primary N) is 1. The van der Waals surface area contributed by atoms with Crippen LogP contribution in [-0.4, -0.2) is 68.1 Å². The highest BCUT2D eigenvalue weighted by molar-refractivity contribution is 5.41. The Kier molecular flexibility index (Phi) is 5.03. The molecule has 0 spiro atoms. The molecular formula is C20H34N4. The molecule has 2 N–H and O–H groups in total. The number of fused-ring (bicyclic) bond motifs is 1. The van der Waals surface area contributed by atoms with Crippen LogP contribution in [0.3, 0.4) is 0 Å². The molecule has 4 nitrogen and oxygen atoms in total. The van der Waals surface area contributed by atoms with Crippen LogP contribution in [-0.2, 0) is 5.41 Å². The molecule has 2 atom stereocenters. The van der Waals surface area contributed by atoms with E-state index in [0.717, 1.165) is 32.7 Å². The van der Waals surface area contributed by atoms with E-state index in [4.69, 9.17) is 5.73 Å². The Morgan fingerprint density at radius 2 is 1.71 bits per heavy atom. The third kappa shape index (κ3) is 3.38. The molecule has 0 aromatic heterocycles. The molecule has 0 radical (unpaired) electrons. The van der Waals surface area contributed by atoms with Crippen molar-refractivity contribution in [3.05, 3.63) is 34.9 Å². The zero-order chi connectivity index (χ0) is 17.5. The van der Waals surface area contributed by atoms with Gasteiger partial charge in [0.2, 0.25) is 0 Å². The van der Waals surface area contributed by atoms with E-state index < -0.39 is 0 Å². The van der Waals surface area contributed by atoms with E-state index in [9.17, 15) is 0 Å². The minimum absolute atomic E-state index is 0.174. The highest BCUT2D eigenvalue weighted by atomic mass is 15.3. The average molecular weight is 331 g/mol. The Balaban J connectivity index is 1.97. The van der Waals surface area contributed by atoms with Crippen molar-refractivity contribution in [2.75, 3.05) is 53.4 Å². The fraction of sp³-hybridized carbons (Fsp3) is 0.700. The highest BCUT2D eigenvalue weighted by Gasteiger charge is 2.35. The van der Waals surface area contributed by atoms with E-state index in [2.05, 4.69) is 67.8 Å². The van der Waals surface area contributed by atoms with Crippen molar-refractivity contribution in [3.63, 3.8) is 0 Å². The maximum absolute atomic E-state index is 6.15. The molecule has 1 aromatic rings.